The van der Waals surface area contributed by atoms with Gasteiger partial charge in [0, 0.05) is 0 Å². The Kier molecular flexibility index (Phi) is 2.86. The molecule has 0 aliphatic rings. The molecule has 0 aliphatic carbocycles. The van der Waals surface area contributed by atoms with Crippen LogP contribution in [0.25, 0.3) is 0 Å². The standard InChI is InChI=1S/C8H10FNO/c9-10(6-7-11)8-4-2-1-3-5-8/h1-5,11H,6-7H2. The van der Waals surface area contributed by atoms with Gasteiger partial charge in [0.1, 0.15) is 0 Å². The Morgan fingerprint density at radius 2 is 1.91 bits per heavy atom. The number of rotatable bonds is 3. The van der Waals surface area contributed by atoms with E-state index in [9.17, 15) is 4.48 Å². The molecular weight excluding hydrogens is 145 g/mol. The van der Waals surface area contributed by atoms with Crippen molar-refractivity contribution in [3.8, 4) is 0 Å². The zero-order valence-corrected chi connectivity index (χ0v) is 6.07. The number of anilines is 1. The molecule has 0 amide bonds. The molecule has 60 valence electrons. The molecule has 0 unspecified atom stereocenters. The molecule has 1 aromatic rings. The van der Waals surface area contributed by atoms with Crippen molar-refractivity contribution in [3.63, 3.8) is 0 Å². The third-order valence-electron chi connectivity index (χ3n) is 1.33. The largest absolute Gasteiger partial charge is 0.394 e. The Morgan fingerprint density at radius 1 is 1.27 bits per heavy atom. The van der Waals surface area contributed by atoms with E-state index in [4.69, 9.17) is 5.11 Å². The van der Waals surface area contributed by atoms with Gasteiger partial charge in [0.15, 0.2) is 0 Å². The topological polar surface area (TPSA) is 23.5 Å². The summed E-state index contributed by atoms with van der Waals surface area (Å²) in [5.41, 5.74) is 0.474. The molecule has 2 nitrogen and oxygen atoms in total. The highest BCUT2D eigenvalue weighted by Crippen LogP contribution is 2.12. The summed E-state index contributed by atoms with van der Waals surface area (Å²) in [6, 6.07) is 8.61. The predicted octanol–water partition coefficient (Wildman–Crippen LogP) is 1.37. The Balaban J connectivity index is 2.61. The van der Waals surface area contributed by atoms with Crippen molar-refractivity contribution in [1.29, 1.82) is 0 Å². The zero-order chi connectivity index (χ0) is 8.10. The van der Waals surface area contributed by atoms with Crippen molar-refractivity contribution >= 4 is 5.69 Å². The second-order valence-corrected chi connectivity index (χ2v) is 2.14. The molecule has 0 radical (unpaired) electrons. The minimum Gasteiger partial charge on any atom is -0.394 e. The van der Waals surface area contributed by atoms with Crippen LogP contribution in [0.2, 0.25) is 0 Å². The summed E-state index contributed by atoms with van der Waals surface area (Å²) < 4.78 is 12.8. The van der Waals surface area contributed by atoms with Gasteiger partial charge in [0.2, 0.25) is 0 Å². The van der Waals surface area contributed by atoms with Crippen LogP contribution in [0.3, 0.4) is 0 Å². The van der Waals surface area contributed by atoms with E-state index in [-0.39, 0.29) is 13.2 Å². The summed E-state index contributed by atoms with van der Waals surface area (Å²) in [4.78, 5) is 0. The lowest BCUT2D eigenvalue weighted by atomic mass is 10.3. The Morgan fingerprint density at radius 3 is 2.45 bits per heavy atom. The molecule has 0 saturated carbocycles. The van der Waals surface area contributed by atoms with E-state index in [0.717, 1.165) is 0 Å². The first-order valence-electron chi connectivity index (χ1n) is 3.44. The maximum Gasteiger partial charge on any atom is 0.0737 e. The first-order chi connectivity index (χ1) is 5.34. The molecule has 0 aromatic heterocycles. The number of benzene rings is 1. The summed E-state index contributed by atoms with van der Waals surface area (Å²) in [7, 11) is 0. The fraction of sp³-hybridized carbons (Fsp3) is 0.250. The predicted molar refractivity (Wildman–Crippen MR) is 42.0 cm³/mol. The van der Waals surface area contributed by atoms with Gasteiger partial charge in [-0.15, -0.1) is 0 Å². The molecule has 0 bridgehead atoms. The van der Waals surface area contributed by atoms with Crippen LogP contribution in [-0.4, -0.2) is 18.3 Å². The number of nitrogens with zero attached hydrogens (tertiary/aromatic N) is 1. The van der Waals surface area contributed by atoms with E-state index in [2.05, 4.69) is 0 Å². The fourth-order valence-corrected chi connectivity index (χ4v) is 0.807. The van der Waals surface area contributed by atoms with Crippen molar-refractivity contribution in [2.24, 2.45) is 0 Å². The van der Waals surface area contributed by atoms with Crippen LogP contribution in [0.1, 0.15) is 0 Å². The fourth-order valence-electron chi connectivity index (χ4n) is 0.807. The van der Waals surface area contributed by atoms with Crippen molar-refractivity contribution in [2.45, 2.75) is 0 Å². The van der Waals surface area contributed by atoms with Crippen LogP contribution in [0, 0.1) is 0 Å². The quantitative estimate of drug-likeness (QED) is 0.666. The second kappa shape index (κ2) is 3.93. The van der Waals surface area contributed by atoms with E-state index in [1.165, 1.54) is 0 Å². The molecule has 0 spiro atoms. The Labute approximate surface area is 64.8 Å². The Bertz CT molecular complexity index is 203. The third-order valence-corrected chi connectivity index (χ3v) is 1.33. The Hall–Kier alpha value is -1.09. The summed E-state index contributed by atoms with van der Waals surface area (Å²) in [6.45, 7) is -0.157. The highest BCUT2D eigenvalue weighted by molar-refractivity contribution is 5.42. The first kappa shape index (κ1) is 8.01. The molecule has 1 N–H and O–H groups in total. The van der Waals surface area contributed by atoms with E-state index >= 15 is 0 Å². The van der Waals surface area contributed by atoms with Gasteiger partial charge in [-0.2, -0.15) is 0 Å². The van der Waals surface area contributed by atoms with Crippen LogP contribution >= 0.6 is 0 Å². The molecule has 0 atom stereocenters. The molecule has 1 aromatic carbocycles. The molecule has 0 saturated heterocycles. The van der Waals surface area contributed by atoms with Crippen molar-refractivity contribution in [2.75, 3.05) is 18.3 Å². The molecule has 0 fully saturated rings. The average molecular weight is 155 g/mol. The number of aliphatic hydroxyl groups excluding tert-OH is 1. The SMILES string of the molecule is OCCN(F)c1ccccc1. The molecule has 1 rings (SSSR count). The summed E-state index contributed by atoms with van der Waals surface area (Å²) >= 11 is 0. The van der Waals surface area contributed by atoms with Gasteiger partial charge in [-0.3, -0.25) is 0 Å². The lowest BCUT2D eigenvalue weighted by Crippen LogP contribution is -2.15. The maximum atomic E-state index is 12.8. The first-order valence-corrected chi connectivity index (χ1v) is 3.44. The van der Waals surface area contributed by atoms with E-state index in [0.29, 0.717) is 10.8 Å². The minimum atomic E-state index is -0.175. The average Bonchev–Trinajstić information content (AvgIpc) is 2.07. The van der Waals surface area contributed by atoms with Crippen molar-refractivity contribution in [1.82, 2.24) is 0 Å². The van der Waals surface area contributed by atoms with Gasteiger partial charge in [0.25, 0.3) is 0 Å². The number of aliphatic hydroxyl groups is 1. The smallest absolute Gasteiger partial charge is 0.0737 e. The molecule has 3 heteroatoms. The molecule has 11 heavy (non-hydrogen) atoms. The molecule has 0 aliphatic heterocycles. The van der Waals surface area contributed by atoms with Crippen LogP contribution in [0.5, 0.6) is 0 Å². The van der Waals surface area contributed by atoms with E-state index in [1.807, 2.05) is 6.07 Å². The van der Waals surface area contributed by atoms with Gasteiger partial charge >= 0.3 is 0 Å². The summed E-state index contributed by atoms with van der Waals surface area (Å²) in [6.07, 6.45) is 0. The highest BCUT2D eigenvalue weighted by Gasteiger charge is 2.00. The molecule has 0 heterocycles. The lowest BCUT2D eigenvalue weighted by molar-refractivity contribution is 0.275. The van der Waals surface area contributed by atoms with Gasteiger partial charge in [-0.25, -0.2) is 5.12 Å². The van der Waals surface area contributed by atoms with Crippen LogP contribution in [0.4, 0.5) is 10.2 Å². The van der Waals surface area contributed by atoms with Crippen molar-refractivity contribution < 1.29 is 9.59 Å². The monoisotopic (exact) mass is 155 g/mol. The van der Waals surface area contributed by atoms with Gasteiger partial charge in [0.05, 0.1) is 18.8 Å². The number of hydrogen-bond donors (Lipinski definition) is 1. The number of para-hydroxylation sites is 1. The normalized spacial score (nSPS) is 9.64. The number of halogens is 1. The lowest BCUT2D eigenvalue weighted by Gasteiger charge is -2.10. The van der Waals surface area contributed by atoms with Gasteiger partial charge in [-0.05, 0) is 12.1 Å². The summed E-state index contributed by atoms with van der Waals surface area (Å²) in [5, 5.41) is 8.93. The summed E-state index contributed by atoms with van der Waals surface area (Å²) in [5.74, 6) is 0. The number of hydrogen-bond acceptors (Lipinski definition) is 2. The minimum absolute atomic E-state index is 0.0179. The van der Waals surface area contributed by atoms with E-state index in [1.54, 1.807) is 24.3 Å². The highest BCUT2D eigenvalue weighted by atomic mass is 19.2. The van der Waals surface area contributed by atoms with Gasteiger partial charge in [-0.1, -0.05) is 22.7 Å². The zero-order valence-electron chi connectivity index (χ0n) is 6.07. The van der Waals surface area contributed by atoms with Crippen LogP contribution in [-0.2, 0) is 0 Å². The second-order valence-electron chi connectivity index (χ2n) is 2.14. The van der Waals surface area contributed by atoms with E-state index < -0.39 is 0 Å². The van der Waals surface area contributed by atoms with Crippen LogP contribution < -0.4 is 5.12 Å². The van der Waals surface area contributed by atoms with Crippen molar-refractivity contribution in [3.05, 3.63) is 30.3 Å². The third kappa shape index (κ3) is 2.20. The maximum absolute atomic E-state index is 12.8. The van der Waals surface area contributed by atoms with Gasteiger partial charge < -0.3 is 5.11 Å². The van der Waals surface area contributed by atoms with Crippen LogP contribution in [0.15, 0.2) is 30.3 Å². The molecular formula is C8H10FNO.